The van der Waals surface area contributed by atoms with E-state index in [9.17, 15) is 18.0 Å². The number of rotatable bonds is 5. The van der Waals surface area contributed by atoms with Crippen molar-refractivity contribution >= 4 is 23.2 Å². The summed E-state index contributed by atoms with van der Waals surface area (Å²) in [6.45, 7) is 1.26. The molecule has 0 spiro atoms. The molecule has 28 heavy (non-hydrogen) atoms. The highest BCUT2D eigenvalue weighted by atomic mass is 35.5. The lowest BCUT2D eigenvalue weighted by atomic mass is 10.2. The van der Waals surface area contributed by atoms with Gasteiger partial charge in [0.05, 0.1) is 16.3 Å². The standard InChI is InChI=1S/C18H13ClF3N3O3/c1-10-24-25-17(28-10)11-2-5-13(6-3-11)27-9-16(26)23-15-8-12(18(20,21)22)4-7-14(15)19/h2-8H,9H2,1H3,(H,23,26). The third-order valence-corrected chi connectivity index (χ3v) is 3.89. The van der Waals surface area contributed by atoms with Crippen molar-refractivity contribution in [3.63, 3.8) is 0 Å². The number of benzene rings is 2. The van der Waals surface area contributed by atoms with E-state index < -0.39 is 24.3 Å². The molecule has 3 rings (SSSR count). The molecule has 1 aromatic heterocycles. The molecule has 0 aliphatic heterocycles. The predicted molar refractivity (Wildman–Crippen MR) is 95.0 cm³/mol. The zero-order valence-electron chi connectivity index (χ0n) is 14.4. The maximum Gasteiger partial charge on any atom is 0.416 e. The van der Waals surface area contributed by atoms with Crippen LogP contribution in [0.2, 0.25) is 5.02 Å². The minimum Gasteiger partial charge on any atom is -0.484 e. The number of ether oxygens (including phenoxy) is 1. The summed E-state index contributed by atoms with van der Waals surface area (Å²) in [7, 11) is 0. The van der Waals surface area contributed by atoms with Gasteiger partial charge in [0.25, 0.3) is 5.91 Å². The summed E-state index contributed by atoms with van der Waals surface area (Å²) in [5, 5.41) is 9.91. The van der Waals surface area contributed by atoms with E-state index in [0.29, 0.717) is 23.1 Å². The number of aromatic nitrogens is 2. The van der Waals surface area contributed by atoms with E-state index >= 15 is 0 Å². The summed E-state index contributed by atoms with van der Waals surface area (Å²) >= 11 is 5.84. The monoisotopic (exact) mass is 411 g/mol. The summed E-state index contributed by atoms with van der Waals surface area (Å²) in [5.74, 6) is 0.504. The van der Waals surface area contributed by atoms with E-state index in [0.717, 1.165) is 18.2 Å². The van der Waals surface area contributed by atoms with Gasteiger partial charge >= 0.3 is 6.18 Å². The first-order chi connectivity index (χ1) is 13.2. The van der Waals surface area contributed by atoms with Crippen molar-refractivity contribution in [3.05, 3.63) is 58.9 Å². The number of alkyl halides is 3. The van der Waals surface area contributed by atoms with E-state index in [-0.39, 0.29) is 10.7 Å². The highest BCUT2D eigenvalue weighted by molar-refractivity contribution is 6.33. The molecule has 0 aliphatic carbocycles. The van der Waals surface area contributed by atoms with Crippen molar-refractivity contribution in [2.24, 2.45) is 0 Å². The Kier molecular flexibility index (Phi) is 5.55. The van der Waals surface area contributed by atoms with Crippen molar-refractivity contribution in [1.82, 2.24) is 10.2 Å². The molecule has 146 valence electrons. The molecule has 1 amide bonds. The minimum atomic E-state index is -4.54. The number of hydrogen-bond acceptors (Lipinski definition) is 5. The lowest BCUT2D eigenvalue weighted by Gasteiger charge is -2.12. The zero-order chi connectivity index (χ0) is 20.3. The molecule has 2 aromatic carbocycles. The first-order valence-electron chi connectivity index (χ1n) is 7.92. The lowest BCUT2D eigenvalue weighted by Crippen LogP contribution is -2.20. The fourth-order valence-corrected chi connectivity index (χ4v) is 2.40. The third kappa shape index (κ3) is 4.80. The van der Waals surface area contributed by atoms with Gasteiger partial charge in [-0.05, 0) is 42.5 Å². The number of carbonyl (C=O) groups is 1. The number of amides is 1. The van der Waals surface area contributed by atoms with Gasteiger partial charge in [-0.3, -0.25) is 4.79 Å². The smallest absolute Gasteiger partial charge is 0.416 e. The van der Waals surface area contributed by atoms with Crippen LogP contribution in [0.1, 0.15) is 11.5 Å². The Morgan fingerprint density at radius 2 is 1.89 bits per heavy atom. The molecule has 0 saturated carbocycles. The largest absolute Gasteiger partial charge is 0.484 e. The Morgan fingerprint density at radius 1 is 1.18 bits per heavy atom. The Morgan fingerprint density at radius 3 is 2.50 bits per heavy atom. The van der Waals surface area contributed by atoms with Crippen LogP contribution in [-0.2, 0) is 11.0 Å². The normalized spacial score (nSPS) is 11.3. The van der Waals surface area contributed by atoms with Crippen molar-refractivity contribution in [3.8, 4) is 17.2 Å². The molecule has 6 nitrogen and oxygen atoms in total. The molecule has 1 N–H and O–H groups in total. The van der Waals surface area contributed by atoms with Gasteiger partial charge in [0.2, 0.25) is 11.8 Å². The Bertz CT molecular complexity index is 988. The fourth-order valence-electron chi connectivity index (χ4n) is 2.24. The second-order valence-corrected chi connectivity index (χ2v) is 6.09. The van der Waals surface area contributed by atoms with Gasteiger partial charge in [-0.1, -0.05) is 11.6 Å². The van der Waals surface area contributed by atoms with Crippen LogP contribution in [0, 0.1) is 6.92 Å². The number of carbonyl (C=O) groups excluding carboxylic acids is 1. The number of nitrogens with zero attached hydrogens (tertiary/aromatic N) is 2. The second-order valence-electron chi connectivity index (χ2n) is 5.68. The van der Waals surface area contributed by atoms with Gasteiger partial charge in [0, 0.05) is 12.5 Å². The SMILES string of the molecule is Cc1nnc(-c2ccc(OCC(=O)Nc3cc(C(F)(F)F)ccc3Cl)cc2)o1. The van der Waals surface area contributed by atoms with E-state index in [1.54, 1.807) is 31.2 Å². The van der Waals surface area contributed by atoms with Crippen molar-refractivity contribution in [1.29, 1.82) is 0 Å². The summed E-state index contributed by atoms with van der Waals surface area (Å²) in [6, 6.07) is 9.20. The van der Waals surface area contributed by atoms with Crippen LogP contribution in [0.3, 0.4) is 0 Å². The summed E-state index contributed by atoms with van der Waals surface area (Å²) in [4.78, 5) is 12.0. The number of hydrogen-bond donors (Lipinski definition) is 1. The molecular weight excluding hydrogens is 399 g/mol. The summed E-state index contributed by atoms with van der Waals surface area (Å²) < 4.78 is 48.9. The molecule has 0 saturated heterocycles. The molecule has 0 bridgehead atoms. The highest BCUT2D eigenvalue weighted by Crippen LogP contribution is 2.33. The summed E-state index contributed by atoms with van der Waals surface area (Å²) in [6.07, 6.45) is -4.54. The molecule has 1 heterocycles. The van der Waals surface area contributed by atoms with Crippen LogP contribution in [-0.4, -0.2) is 22.7 Å². The number of anilines is 1. The lowest BCUT2D eigenvalue weighted by molar-refractivity contribution is -0.137. The van der Waals surface area contributed by atoms with E-state index in [1.807, 2.05) is 0 Å². The highest BCUT2D eigenvalue weighted by Gasteiger charge is 2.31. The molecule has 0 atom stereocenters. The van der Waals surface area contributed by atoms with Crippen LogP contribution in [0.4, 0.5) is 18.9 Å². The molecule has 10 heteroatoms. The number of halogens is 4. The molecule has 0 unspecified atom stereocenters. The number of aryl methyl sites for hydroxylation is 1. The van der Waals surface area contributed by atoms with Gasteiger partial charge in [-0.2, -0.15) is 13.2 Å². The zero-order valence-corrected chi connectivity index (χ0v) is 15.1. The fraction of sp³-hybridized carbons (Fsp3) is 0.167. The van der Waals surface area contributed by atoms with Gasteiger partial charge < -0.3 is 14.5 Å². The predicted octanol–water partition coefficient (Wildman–Crippen LogP) is 4.73. The van der Waals surface area contributed by atoms with Gasteiger partial charge in [-0.15, -0.1) is 10.2 Å². The Balaban J connectivity index is 1.60. The van der Waals surface area contributed by atoms with Crippen molar-refractivity contribution in [2.45, 2.75) is 13.1 Å². The molecule has 0 fully saturated rings. The molecule has 0 aliphatic rings. The van der Waals surface area contributed by atoms with Crippen molar-refractivity contribution < 1.29 is 27.1 Å². The quantitative estimate of drug-likeness (QED) is 0.656. The third-order valence-electron chi connectivity index (χ3n) is 3.57. The van der Waals surface area contributed by atoms with Crippen LogP contribution >= 0.6 is 11.6 Å². The van der Waals surface area contributed by atoms with Crippen LogP contribution < -0.4 is 10.1 Å². The van der Waals surface area contributed by atoms with Crippen molar-refractivity contribution in [2.75, 3.05) is 11.9 Å². The maximum absolute atomic E-state index is 12.8. The maximum atomic E-state index is 12.8. The Labute approximate surface area is 162 Å². The van der Waals surface area contributed by atoms with Crippen LogP contribution in [0.15, 0.2) is 46.9 Å². The van der Waals surface area contributed by atoms with Gasteiger partial charge in [-0.25, -0.2) is 0 Å². The topological polar surface area (TPSA) is 77.2 Å². The average Bonchev–Trinajstić information content (AvgIpc) is 3.08. The van der Waals surface area contributed by atoms with Crippen LogP contribution in [0.25, 0.3) is 11.5 Å². The molecule has 0 radical (unpaired) electrons. The molecular formula is C18H13ClF3N3O3. The van der Waals surface area contributed by atoms with E-state index in [1.165, 1.54) is 0 Å². The minimum absolute atomic E-state index is 0.0134. The van der Waals surface area contributed by atoms with E-state index in [4.69, 9.17) is 20.8 Å². The van der Waals surface area contributed by atoms with Gasteiger partial charge in [0.15, 0.2) is 6.61 Å². The second kappa shape index (κ2) is 7.89. The first-order valence-corrected chi connectivity index (χ1v) is 8.30. The first kappa shape index (κ1) is 19.7. The van der Waals surface area contributed by atoms with Crippen LogP contribution in [0.5, 0.6) is 5.75 Å². The van der Waals surface area contributed by atoms with E-state index in [2.05, 4.69) is 15.5 Å². The Hall–Kier alpha value is -3.07. The number of nitrogens with one attached hydrogen (secondary N) is 1. The average molecular weight is 412 g/mol. The molecule has 3 aromatic rings. The van der Waals surface area contributed by atoms with Gasteiger partial charge in [0.1, 0.15) is 5.75 Å². The summed E-state index contributed by atoms with van der Waals surface area (Å²) in [5.41, 5.74) is -0.389.